The summed E-state index contributed by atoms with van der Waals surface area (Å²) in [5.41, 5.74) is 19.3. The van der Waals surface area contributed by atoms with Gasteiger partial charge in [0, 0.05) is 98.9 Å². The Labute approximate surface area is 397 Å². The van der Waals surface area contributed by atoms with Crippen LogP contribution in [0.25, 0.3) is 0 Å². The van der Waals surface area contributed by atoms with E-state index in [0.717, 1.165) is 0 Å². The first-order valence-corrected chi connectivity index (χ1v) is 21.9. The molecule has 370 valence electrons. The van der Waals surface area contributed by atoms with Crippen LogP contribution in [0.2, 0.25) is 0 Å². The molecule has 5 heterocycles. The quantitative estimate of drug-likeness (QED) is 0.0342. The van der Waals surface area contributed by atoms with Gasteiger partial charge in [0.15, 0.2) is 0 Å². The Kier molecular flexibility index (Phi) is 18.2. The number of aromatic nitrogens is 5. The monoisotopic (exact) mass is 955 g/mol. The van der Waals surface area contributed by atoms with Crippen LogP contribution < -0.4 is 65.1 Å². The fraction of sp³-hybridized carbons (Fsp3) is 0.364. The number of unbranched alkanes of at least 4 members (excludes halogenated alkanes) is 1. The van der Waals surface area contributed by atoms with Gasteiger partial charge in [0.05, 0.1) is 41.5 Å². The maximum atomic E-state index is 13.7. The lowest BCUT2D eigenvalue weighted by Gasteiger charge is -2.19. The number of aryl methyl sites for hydroxylation is 5. The Morgan fingerprint density at radius 2 is 0.826 bits per heavy atom. The average Bonchev–Trinajstić information content (AvgIpc) is 4.13. The van der Waals surface area contributed by atoms with E-state index in [4.69, 9.17) is 17.2 Å². The van der Waals surface area contributed by atoms with Crippen LogP contribution in [0.3, 0.4) is 0 Å². The first-order valence-electron chi connectivity index (χ1n) is 21.9. The minimum Gasteiger partial charge on any atom is -0.353 e. The maximum absolute atomic E-state index is 13.7. The predicted molar refractivity (Wildman–Crippen MR) is 259 cm³/mol. The molecule has 69 heavy (non-hydrogen) atoms. The van der Waals surface area contributed by atoms with Crippen molar-refractivity contribution in [3.63, 3.8) is 0 Å². The summed E-state index contributed by atoms with van der Waals surface area (Å²) in [4.78, 5) is 103. The van der Waals surface area contributed by atoms with Crippen LogP contribution in [0.1, 0.15) is 71.7 Å². The average molecular weight is 956 g/mol. The molecule has 5 rings (SSSR count). The van der Waals surface area contributed by atoms with Gasteiger partial charge >= 0.3 is 0 Å². The molecular formula is C44H61N17O8. The van der Waals surface area contributed by atoms with Gasteiger partial charge in [-0.2, -0.15) is 0 Å². The summed E-state index contributed by atoms with van der Waals surface area (Å²) in [7, 11) is 8.21. The third-order valence-electron chi connectivity index (χ3n) is 10.6. The molecule has 0 fully saturated rings. The number of hydrogen-bond acceptors (Lipinski definition) is 12. The van der Waals surface area contributed by atoms with Crippen LogP contribution in [0.4, 0.5) is 28.4 Å². The fourth-order valence-electron chi connectivity index (χ4n) is 7.19. The Morgan fingerprint density at radius 1 is 0.449 bits per heavy atom. The molecule has 0 aliphatic rings. The summed E-state index contributed by atoms with van der Waals surface area (Å²) in [6.45, 7) is 1.57. The molecule has 0 saturated carbocycles. The van der Waals surface area contributed by atoms with E-state index in [2.05, 4.69) is 47.9 Å². The zero-order valence-electron chi connectivity index (χ0n) is 39.2. The van der Waals surface area contributed by atoms with Crippen molar-refractivity contribution in [1.29, 1.82) is 0 Å². The first-order chi connectivity index (χ1) is 32.9. The second kappa shape index (κ2) is 24.1. The summed E-state index contributed by atoms with van der Waals surface area (Å²) >= 11 is 0. The van der Waals surface area contributed by atoms with Gasteiger partial charge < -0.3 is 87.9 Å². The van der Waals surface area contributed by atoms with E-state index in [9.17, 15) is 38.4 Å². The topological polar surface area (TPSA) is 348 Å². The largest absolute Gasteiger partial charge is 0.353 e. The lowest BCUT2D eigenvalue weighted by Crippen LogP contribution is -2.48. The number of carbonyl (C=O) groups excluding carboxylic acids is 8. The molecule has 0 spiro atoms. The van der Waals surface area contributed by atoms with Crippen molar-refractivity contribution < 1.29 is 38.4 Å². The van der Waals surface area contributed by atoms with Crippen molar-refractivity contribution >= 4 is 75.7 Å². The Balaban J connectivity index is 1.15. The molecule has 25 heteroatoms. The van der Waals surface area contributed by atoms with E-state index in [1.807, 2.05) is 0 Å². The van der Waals surface area contributed by atoms with Gasteiger partial charge in [-0.15, -0.1) is 0 Å². The Bertz CT molecular complexity index is 2690. The number of rotatable bonds is 24. The molecule has 0 saturated heterocycles. The lowest BCUT2D eigenvalue weighted by atomic mass is 10.1. The number of nitrogens with zero attached hydrogens (tertiary/aromatic N) is 5. The van der Waals surface area contributed by atoms with Crippen molar-refractivity contribution in [3.8, 4) is 0 Å². The van der Waals surface area contributed by atoms with Crippen LogP contribution >= 0.6 is 0 Å². The highest BCUT2D eigenvalue weighted by atomic mass is 16.2. The maximum Gasteiger partial charge on any atom is 0.272 e. The molecule has 0 aromatic carbocycles. The third-order valence-corrected chi connectivity index (χ3v) is 10.6. The van der Waals surface area contributed by atoms with E-state index in [0.29, 0.717) is 60.9 Å². The van der Waals surface area contributed by atoms with Gasteiger partial charge in [-0.25, -0.2) is 0 Å². The van der Waals surface area contributed by atoms with Crippen LogP contribution in [0, 0.1) is 0 Å². The molecule has 0 aliphatic heterocycles. The fourth-order valence-corrected chi connectivity index (χ4v) is 7.19. The van der Waals surface area contributed by atoms with Gasteiger partial charge in [-0.3, -0.25) is 38.4 Å². The van der Waals surface area contributed by atoms with Gasteiger partial charge in [0.2, 0.25) is 17.7 Å². The van der Waals surface area contributed by atoms with Gasteiger partial charge in [-0.05, 0) is 49.6 Å². The molecule has 0 radical (unpaired) electrons. The number of carbonyl (C=O) groups is 8. The predicted octanol–water partition coefficient (Wildman–Crippen LogP) is -0.706. The minimum atomic E-state index is -0.948. The summed E-state index contributed by atoms with van der Waals surface area (Å²) in [6.07, 6.45) is 8.98. The molecule has 0 bridgehead atoms. The van der Waals surface area contributed by atoms with Crippen LogP contribution in [0.5, 0.6) is 0 Å². The van der Waals surface area contributed by atoms with Gasteiger partial charge in [-0.1, -0.05) is 0 Å². The zero-order chi connectivity index (χ0) is 50.4. The molecular weight excluding hydrogens is 895 g/mol. The van der Waals surface area contributed by atoms with Gasteiger partial charge in [0.1, 0.15) is 34.5 Å². The second-order valence-electron chi connectivity index (χ2n) is 16.1. The highest BCUT2D eigenvalue weighted by molar-refractivity contribution is 6.08. The molecule has 8 amide bonds. The summed E-state index contributed by atoms with van der Waals surface area (Å²) in [5, 5.41) is 25.1. The number of nitrogens with one attached hydrogen (secondary N) is 9. The van der Waals surface area contributed by atoms with E-state index >= 15 is 0 Å². The standard InChI is InChI=1S/C44H61N17O8/c1-57-23-28(53-41(66)33-14-26(21-58(33)2)51-37(62)19-46)16-32(57)40(65)49-10-7-6-8-31(39(64)50-13-12-48-11-9-45)56-44(69)36-18-30(25-61(36)5)55-43(68)35-17-29(24-60(35)4)54-42(67)34-15-27(22-59(34)3)52-38(63)20-47/h14-18,21-25,31,48H,6-13,19-20,45-47H2,1-5H3,(H,49,65)(H,50,64)(H,51,62)(H,52,63)(H,53,66)(H,54,67)(H,55,68)(H,56,69). The van der Waals surface area contributed by atoms with Crippen molar-refractivity contribution in [3.05, 3.63) is 89.8 Å². The molecule has 1 unspecified atom stereocenters. The van der Waals surface area contributed by atoms with Crippen molar-refractivity contribution in [2.75, 3.05) is 72.4 Å². The number of amides is 8. The molecule has 5 aromatic heterocycles. The van der Waals surface area contributed by atoms with E-state index in [1.165, 1.54) is 44.0 Å². The number of nitrogens with two attached hydrogens (primary N) is 3. The lowest BCUT2D eigenvalue weighted by molar-refractivity contribution is -0.123. The third kappa shape index (κ3) is 14.3. The van der Waals surface area contributed by atoms with Crippen molar-refractivity contribution in [2.45, 2.75) is 25.3 Å². The second-order valence-corrected chi connectivity index (χ2v) is 16.1. The normalized spacial score (nSPS) is 11.4. The van der Waals surface area contributed by atoms with Crippen molar-refractivity contribution in [2.24, 2.45) is 52.4 Å². The Morgan fingerprint density at radius 3 is 1.22 bits per heavy atom. The molecule has 25 nitrogen and oxygen atoms in total. The molecule has 5 aromatic rings. The highest BCUT2D eigenvalue weighted by Crippen LogP contribution is 2.21. The molecule has 1 atom stereocenters. The minimum absolute atomic E-state index is 0.159. The summed E-state index contributed by atoms with van der Waals surface area (Å²) < 4.78 is 7.69. The Hall–Kier alpha value is -8.00. The molecule has 0 aliphatic carbocycles. The zero-order valence-corrected chi connectivity index (χ0v) is 39.2. The first kappa shape index (κ1) is 52.0. The number of anilines is 5. The van der Waals surface area contributed by atoms with E-state index < -0.39 is 53.3 Å². The van der Waals surface area contributed by atoms with Crippen LogP contribution in [-0.4, -0.2) is 122 Å². The summed E-state index contributed by atoms with van der Waals surface area (Å²) in [5.74, 6) is -3.65. The highest BCUT2D eigenvalue weighted by Gasteiger charge is 2.24. The van der Waals surface area contributed by atoms with Gasteiger partial charge in [0.25, 0.3) is 29.5 Å². The summed E-state index contributed by atoms with van der Waals surface area (Å²) in [6, 6.07) is 6.55. The van der Waals surface area contributed by atoms with E-state index in [1.54, 1.807) is 75.4 Å². The van der Waals surface area contributed by atoms with E-state index in [-0.39, 0.29) is 61.1 Å². The van der Waals surface area contributed by atoms with Crippen molar-refractivity contribution in [1.82, 2.24) is 44.1 Å². The SMILES string of the molecule is Cn1cc(NC(=O)c2cc(NC(=O)CN)cn2C)cc1C(=O)NCCCCC(NC(=O)c1cc(NC(=O)c2cc(NC(=O)c3cc(NC(=O)CN)cn3C)cn2C)cn1C)C(=O)NCCNCCN. The van der Waals surface area contributed by atoms with Crippen LogP contribution in [-0.2, 0) is 49.6 Å². The smallest absolute Gasteiger partial charge is 0.272 e. The van der Waals surface area contributed by atoms with Crippen LogP contribution in [0.15, 0.2) is 61.3 Å². The number of hydrogen-bond donors (Lipinski definition) is 12. The molecule has 15 N–H and O–H groups in total.